The van der Waals surface area contributed by atoms with Gasteiger partial charge in [-0.1, -0.05) is 41.9 Å². The standard InChI is InChI=1S/C20H15ClF3N5OS/c21-14-7-6-13(30-20(22,23)24)10-15(14)31-19-27-16-17(25)26-11-29(18(16)28-19)9-8-12-4-2-1-3-5-12/h1-7,10-11H,8-9,25H2. The largest absolute Gasteiger partial charge is 0.573 e. The summed E-state index contributed by atoms with van der Waals surface area (Å²) < 4.78 is 43.3. The normalized spacial score (nSPS) is 11.7. The Morgan fingerprint density at radius 2 is 1.87 bits per heavy atom. The van der Waals surface area contributed by atoms with Gasteiger partial charge in [0.05, 0.1) is 11.3 Å². The van der Waals surface area contributed by atoms with E-state index in [1.54, 1.807) is 6.33 Å². The zero-order valence-electron chi connectivity index (χ0n) is 15.8. The number of anilines is 1. The second-order valence-corrected chi connectivity index (χ2v) is 7.90. The molecule has 0 fully saturated rings. The summed E-state index contributed by atoms with van der Waals surface area (Å²) in [5, 5.41) is 0.533. The van der Waals surface area contributed by atoms with Crippen LogP contribution in [0.3, 0.4) is 0 Å². The van der Waals surface area contributed by atoms with Gasteiger partial charge in [0.2, 0.25) is 0 Å². The summed E-state index contributed by atoms with van der Waals surface area (Å²) in [7, 11) is 0. The zero-order valence-corrected chi connectivity index (χ0v) is 17.4. The predicted molar refractivity (Wildman–Crippen MR) is 111 cm³/mol. The van der Waals surface area contributed by atoms with E-state index in [1.807, 2.05) is 34.9 Å². The monoisotopic (exact) mass is 465 g/mol. The fourth-order valence-electron chi connectivity index (χ4n) is 2.89. The lowest BCUT2D eigenvalue weighted by Gasteiger charge is -2.11. The van der Waals surface area contributed by atoms with E-state index in [9.17, 15) is 13.2 Å². The van der Waals surface area contributed by atoms with Crippen LogP contribution in [0.15, 0.2) is 64.9 Å². The van der Waals surface area contributed by atoms with Gasteiger partial charge in [0.1, 0.15) is 5.75 Å². The number of benzene rings is 2. The van der Waals surface area contributed by atoms with Crippen LogP contribution in [0.2, 0.25) is 5.02 Å². The number of halogens is 4. The number of aromatic nitrogens is 4. The highest BCUT2D eigenvalue weighted by atomic mass is 35.5. The molecule has 2 heterocycles. The van der Waals surface area contributed by atoms with Crippen molar-refractivity contribution in [2.24, 2.45) is 0 Å². The second kappa shape index (κ2) is 8.64. The van der Waals surface area contributed by atoms with Crippen LogP contribution in [-0.4, -0.2) is 25.9 Å². The fraction of sp³-hybridized carbons (Fsp3) is 0.150. The maximum atomic E-state index is 12.5. The van der Waals surface area contributed by atoms with E-state index in [-0.39, 0.29) is 21.7 Å². The van der Waals surface area contributed by atoms with Crippen LogP contribution in [0, 0.1) is 0 Å². The van der Waals surface area contributed by atoms with E-state index >= 15 is 0 Å². The second-order valence-electron chi connectivity index (χ2n) is 6.48. The van der Waals surface area contributed by atoms with E-state index in [0.717, 1.165) is 29.8 Å². The molecule has 0 saturated carbocycles. The number of alkyl halides is 3. The van der Waals surface area contributed by atoms with Gasteiger partial charge in [0, 0.05) is 11.4 Å². The van der Waals surface area contributed by atoms with Crippen LogP contribution < -0.4 is 10.5 Å². The molecule has 0 spiro atoms. The summed E-state index contributed by atoms with van der Waals surface area (Å²) in [6.45, 7) is 0.603. The Balaban J connectivity index is 1.60. The van der Waals surface area contributed by atoms with E-state index < -0.39 is 6.36 Å². The van der Waals surface area contributed by atoms with Gasteiger partial charge in [0.25, 0.3) is 0 Å². The minimum atomic E-state index is -4.80. The molecule has 2 aromatic rings. The Morgan fingerprint density at radius 1 is 1.10 bits per heavy atom. The van der Waals surface area contributed by atoms with Crippen LogP contribution in [0.1, 0.15) is 5.56 Å². The smallest absolute Gasteiger partial charge is 0.406 e. The molecule has 0 saturated heterocycles. The quantitative estimate of drug-likeness (QED) is 0.416. The molecule has 0 aliphatic carbocycles. The topological polar surface area (TPSA) is 78.8 Å². The molecule has 11 heteroatoms. The molecule has 2 N–H and O–H groups in total. The average molecular weight is 466 g/mol. The summed E-state index contributed by atoms with van der Waals surface area (Å²) in [5.41, 5.74) is 7.52. The van der Waals surface area contributed by atoms with Crippen molar-refractivity contribution >= 4 is 29.2 Å². The third kappa shape index (κ3) is 5.20. The van der Waals surface area contributed by atoms with E-state index in [0.29, 0.717) is 23.0 Å². The fourth-order valence-corrected chi connectivity index (χ4v) is 3.93. The molecule has 0 aromatic heterocycles. The van der Waals surface area contributed by atoms with Crippen LogP contribution in [0.25, 0.3) is 11.5 Å². The lowest BCUT2D eigenvalue weighted by molar-refractivity contribution is -0.274. The summed E-state index contributed by atoms with van der Waals surface area (Å²) in [6.07, 6.45) is -2.45. The number of hydrogen-bond donors (Lipinski definition) is 1. The van der Waals surface area contributed by atoms with Crippen molar-refractivity contribution in [2.45, 2.75) is 29.4 Å². The van der Waals surface area contributed by atoms with Gasteiger partial charge in [-0.15, -0.1) is 13.2 Å². The lowest BCUT2D eigenvalue weighted by Crippen LogP contribution is -2.17. The average Bonchev–Trinajstić information content (AvgIpc) is 3.14. The molecule has 0 atom stereocenters. The highest BCUT2D eigenvalue weighted by Gasteiger charge is 2.31. The maximum absolute atomic E-state index is 12.5. The first-order chi connectivity index (χ1) is 14.8. The minimum Gasteiger partial charge on any atom is -0.406 e. The van der Waals surface area contributed by atoms with Crippen molar-refractivity contribution < 1.29 is 17.9 Å². The first kappa shape index (κ1) is 21.3. The number of ether oxygens (including phenoxy) is 1. The number of imidazole rings is 1. The Hall–Kier alpha value is -2.98. The number of nitrogens with zero attached hydrogens (tertiary/aromatic N) is 4. The van der Waals surface area contributed by atoms with Crippen molar-refractivity contribution in [1.29, 1.82) is 0 Å². The number of aryl methyl sites for hydroxylation is 2. The first-order valence-corrected chi connectivity index (χ1v) is 10.2. The van der Waals surface area contributed by atoms with Crippen molar-refractivity contribution in [3.63, 3.8) is 0 Å². The number of hydrogen-bond acceptors (Lipinski definition) is 6. The van der Waals surface area contributed by atoms with Crippen LogP contribution >= 0.6 is 23.4 Å². The first-order valence-electron chi connectivity index (χ1n) is 9.04. The molecular weight excluding hydrogens is 451 g/mol. The highest BCUT2D eigenvalue weighted by molar-refractivity contribution is 7.99. The molecule has 2 aromatic carbocycles. The maximum Gasteiger partial charge on any atom is 0.573 e. The highest BCUT2D eigenvalue weighted by Crippen LogP contribution is 2.38. The molecule has 0 unspecified atom stereocenters. The van der Waals surface area contributed by atoms with Gasteiger partial charge >= 0.3 is 6.36 Å². The third-order valence-corrected chi connectivity index (χ3v) is 5.66. The molecular formula is C20H15ClF3N5OS. The molecule has 0 bridgehead atoms. The molecule has 31 heavy (non-hydrogen) atoms. The van der Waals surface area contributed by atoms with Crippen molar-refractivity contribution in [3.8, 4) is 17.3 Å². The number of fused-ring (bicyclic) bond motifs is 1. The molecule has 4 rings (SSSR count). The van der Waals surface area contributed by atoms with Gasteiger partial charge in [-0.2, -0.15) is 0 Å². The van der Waals surface area contributed by atoms with Gasteiger partial charge < -0.3 is 15.0 Å². The van der Waals surface area contributed by atoms with Crippen LogP contribution in [0.4, 0.5) is 19.0 Å². The molecule has 160 valence electrons. The van der Waals surface area contributed by atoms with Gasteiger partial charge in [0.15, 0.2) is 22.5 Å². The van der Waals surface area contributed by atoms with Crippen molar-refractivity contribution in [2.75, 3.05) is 5.73 Å². The summed E-state index contributed by atoms with van der Waals surface area (Å²) in [6, 6.07) is 13.6. The van der Waals surface area contributed by atoms with Crippen molar-refractivity contribution in [3.05, 3.63) is 65.4 Å². The summed E-state index contributed by atoms with van der Waals surface area (Å²) in [5.74, 6) is 0.366. The lowest BCUT2D eigenvalue weighted by atomic mass is 10.1. The van der Waals surface area contributed by atoms with Crippen LogP contribution in [-0.2, 0) is 13.0 Å². The van der Waals surface area contributed by atoms with Gasteiger partial charge in [-0.3, -0.25) is 0 Å². The molecule has 2 aliphatic heterocycles. The van der Waals surface area contributed by atoms with Crippen LogP contribution in [0.5, 0.6) is 5.75 Å². The summed E-state index contributed by atoms with van der Waals surface area (Å²) >= 11 is 7.15. The number of nitrogens with two attached hydrogens (primary N) is 1. The van der Waals surface area contributed by atoms with E-state index in [1.165, 1.54) is 12.1 Å². The van der Waals surface area contributed by atoms with E-state index in [2.05, 4.69) is 19.7 Å². The Labute approximate surface area is 184 Å². The van der Waals surface area contributed by atoms with Gasteiger partial charge in [-0.05, 0) is 41.9 Å². The number of rotatable bonds is 6. The SMILES string of the molecule is Nc1ncn(CCc2ccccc2)c2nc(Sc3cc(OC(F)(F)F)ccc3Cl)nc1-2. The Bertz CT molecular complexity index is 1170. The minimum absolute atomic E-state index is 0.213. The zero-order chi connectivity index (χ0) is 22.0. The predicted octanol–water partition coefficient (Wildman–Crippen LogP) is 5.31. The molecule has 6 nitrogen and oxygen atoms in total. The van der Waals surface area contributed by atoms with E-state index in [4.69, 9.17) is 17.3 Å². The molecule has 2 aliphatic rings. The van der Waals surface area contributed by atoms with Gasteiger partial charge in [-0.25, -0.2) is 15.0 Å². The molecule has 0 amide bonds. The third-order valence-electron chi connectivity index (χ3n) is 4.29. The van der Waals surface area contributed by atoms with Crippen molar-refractivity contribution in [1.82, 2.24) is 19.5 Å². The Kier molecular flexibility index (Phi) is 5.92. The molecule has 0 radical (unpaired) electrons. The number of nitrogen functional groups attached to an aromatic ring is 1. The Morgan fingerprint density at radius 3 is 2.61 bits per heavy atom. The summed E-state index contributed by atoms with van der Waals surface area (Å²) in [4.78, 5) is 13.4.